The third-order valence-corrected chi connectivity index (χ3v) is 7.24. The highest BCUT2D eigenvalue weighted by Gasteiger charge is 2.43. The number of rotatable bonds is 11. The molecule has 0 heterocycles. The molecular weight excluding hydrogens is 477 g/mol. The Bertz CT molecular complexity index is 786. The average molecular weight is 506 g/mol. The Balaban J connectivity index is 3.53. The summed E-state index contributed by atoms with van der Waals surface area (Å²) >= 11 is 3.46. The van der Waals surface area contributed by atoms with E-state index in [1.807, 2.05) is 6.07 Å². The summed E-state index contributed by atoms with van der Waals surface area (Å²) in [4.78, 5) is 29.0. The number of hydrogen-bond donors (Lipinski definition) is 0. The molecule has 30 heavy (non-hydrogen) atoms. The lowest BCUT2D eigenvalue weighted by Gasteiger charge is -2.29. The van der Waals surface area contributed by atoms with Crippen LogP contribution >= 0.6 is 23.5 Å². The van der Waals surface area contributed by atoms with Gasteiger partial charge in [0.15, 0.2) is 11.7 Å². The van der Waals surface area contributed by atoms with Gasteiger partial charge in [-0.2, -0.15) is 0 Å². The van der Waals surface area contributed by atoms with Crippen molar-refractivity contribution in [1.82, 2.24) is 0 Å². The molecule has 0 saturated heterocycles. The van der Waals surface area contributed by atoms with E-state index in [1.165, 1.54) is 20.4 Å². The summed E-state index contributed by atoms with van der Waals surface area (Å²) in [6.07, 6.45) is 1.40. The summed E-state index contributed by atoms with van der Waals surface area (Å²) in [6.45, 7) is 7.01. The zero-order chi connectivity index (χ0) is 22.9. The van der Waals surface area contributed by atoms with Gasteiger partial charge in [0.1, 0.15) is 0 Å². The molecular formula is C20H29BrNO7P. The van der Waals surface area contributed by atoms with E-state index in [0.29, 0.717) is 10.0 Å². The Kier molecular flexibility index (Phi) is 10.4. The van der Waals surface area contributed by atoms with Gasteiger partial charge < -0.3 is 18.5 Å². The highest BCUT2D eigenvalue weighted by Crippen LogP contribution is 2.62. The number of nitrogens with zero attached hydrogens (tertiary/aromatic N) is 1. The fourth-order valence-corrected chi connectivity index (χ4v) is 5.38. The van der Waals surface area contributed by atoms with Gasteiger partial charge in [-0.25, -0.2) is 0 Å². The maximum atomic E-state index is 13.6. The quantitative estimate of drug-likeness (QED) is 0.184. The molecule has 1 unspecified atom stereocenters. The third kappa shape index (κ3) is 6.48. The minimum Gasteiger partial charge on any atom is -0.468 e. The lowest BCUT2D eigenvalue weighted by Crippen LogP contribution is -2.40. The van der Waals surface area contributed by atoms with E-state index in [2.05, 4.69) is 20.9 Å². The van der Waals surface area contributed by atoms with Crippen molar-refractivity contribution in [2.24, 2.45) is 16.3 Å². The number of carbonyl (C=O) groups is 2. The second-order valence-corrected chi connectivity index (χ2v) is 9.79. The van der Waals surface area contributed by atoms with Crippen molar-refractivity contribution in [2.45, 2.75) is 33.5 Å². The zero-order valence-corrected chi connectivity index (χ0v) is 20.6. The first-order chi connectivity index (χ1) is 14.1. The Hall–Kier alpha value is -1.54. The van der Waals surface area contributed by atoms with Crippen LogP contribution in [0.2, 0.25) is 0 Å². The molecule has 10 heteroatoms. The van der Waals surface area contributed by atoms with E-state index in [-0.39, 0.29) is 13.2 Å². The van der Waals surface area contributed by atoms with Gasteiger partial charge in [-0.1, -0.05) is 48.0 Å². The highest BCUT2D eigenvalue weighted by atomic mass is 79.9. The van der Waals surface area contributed by atoms with Gasteiger partial charge in [0.05, 0.1) is 27.4 Å². The number of aliphatic imine (C=N–C) groups is 1. The molecule has 8 nitrogen and oxygen atoms in total. The summed E-state index contributed by atoms with van der Waals surface area (Å²) in [6, 6.07) is 7.13. The Morgan fingerprint density at radius 1 is 1.10 bits per heavy atom. The SMILES string of the molecule is CCOP(=O)(OCC)C(/N=C/C(C)(C)C(C(=O)OC)C(=O)OC)c1ccccc1Br. The van der Waals surface area contributed by atoms with Crippen LogP contribution < -0.4 is 0 Å². The molecule has 1 aromatic carbocycles. The van der Waals surface area contributed by atoms with Gasteiger partial charge in [0.2, 0.25) is 0 Å². The van der Waals surface area contributed by atoms with Crippen LogP contribution in [0.1, 0.15) is 39.0 Å². The predicted molar refractivity (Wildman–Crippen MR) is 118 cm³/mol. The van der Waals surface area contributed by atoms with Crippen LogP contribution in [-0.4, -0.2) is 45.6 Å². The van der Waals surface area contributed by atoms with Gasteiger partial charge in [0, 0.05) is 21.7 Å². The number of methoxy groups -OCH3 is 2. The Morgan fingerprint density at radius 3 is 2.03 bits per heavy atom. The summed E-state index contributed by atoms with van der Waals surface area (Å²) in [5.41, 5.74) is -0.523. The van der Waals surface area contributed by atoms with Crippen molar-refractivity contribution in [1.29, 1.82) is 0 Å². The number of benzene rings is 1. The van der Waals surface area contributed by atoms with E-state index >= 15 is 0 Å². The first-order valence-corrected chi connectivity index (χ1v) is 11.8. The molecule has 0 radical (unpaired) electrons. The molecule has 0 aliphatic rings. The molecule has 0 aliphatic heterocycles. The first kappa shape index (κ1) is 26.5. The van der Waals surface area contributed by atoms with Crippen LogP contribution in [0.3, 0.4) is 0 Å². The summed E-state index contributed by atoms with van der Waals surface area (Å²) in [5.74, 6) is -3.78. The molecule has 1 aromatic rings. The van der Waals surface area contributed by atoms with Crippen molar-refractivity contribution in [2.75, 3.05) is 27.4 Å². The largest absolute Gasteiger partial charge is 0.468 e. The molecule has 0 bridgehead atoms. The maximum Gasteiger partial charge on any atom is 0.359 e. The van der Waals surface area contributed by atoms with Crippen LogP contribution in [0, 0.1) is 11.3 Å². The van der Waals surface area contributed by atoms with E-state index in [1.54, 1.807) is 45.9 Å². The zero-order valence-electron chi connectivity index (χ0n) is 18.1. The number of carbonyl (C=O) groups excluding carboxylic acids is 2. The minimum atomic E-state index is -3.72. The molecule has 0 fully saturated rings. The minimum absolute atomic E-state index is 0.157. The number of ether oxygens (including phenoxy) is 2. The second kappa shape index (κ2) is 11.7. The fourth-order valence-electron chi connectivity index (χ4n) is 2.83. The number of halogens is 1. The van der Waals surface area contributed by atoms with Crippen LogP contribution in [0.4, 0.5) is 0 Å². The molecule has 0 aromatic heterocycles. The van der Waals surface area contributed by atoms with Crippen molar-refractivity contribution >= 4 is 41.7 Å². The second-order valence-electron chi connectivity index (χ2n) is 6.85. The monoisotopic (exact) mass is 505 g/mol. The van der Waals surface area contributed by atoms with Gasteiger partial charge >= 0.3 is 19.5 Å². The predicted octanol–water partition coefficient (Wildman–Crippen LogP) is 4.77. The van der Waals surface area contributed by atoms with Crippen LogP contribution in [-0.2, 0) is 32.7 Å². The Labute approximate surface area is 186 Å². The molecule has 168 valence electrons. The fraction of sp³-hybridized carbons (Fsp3) is 0.550. The molecule has 0 aliphatic carbocycles. The third-order valence-electron chi connectivity index (χ3n) is 4.27. The summed E-state index contributed by atoms with van der Waals surface area (Å²) < 4.78 is 34.8. The van der Waals surface area contributed by atoms with E-state index in [4.69, 9.17) is 18.5 Å². The maximum absolute atomic E-state index is 13.6. The van der Waals surface area contributed by atoms with Crippen molar-refractivity contribution < 1.29 is 32.7 Å². The van der Waals surface area contributed by atoms with E-state index in [0.717, 1.165) is 0 Å². The summed E-state index contributed by atoms with van der Waals surface area (Å²) in [7, 11) is -1.34. The summed E-state index contributed by atoms with van der Waals surface area (Å²) in [5, 5.41) is 0. The normalized spacial score (nSPS) is 13.5. The van der Waals surface area contributed by atoms with Crippen molar-refractivity contribution in [3.63, 3.8) is 0 Å². The Morgan fingerprint density at radius 2 is 1.60 bits per heavy atom. The lowest BCUT2D eigenvalue weighted by atomic mass is 9.79. The van der Waals surface area contributed by atoms with Crippen LogP contribution in [0.5, 0.6) is 0 Å². The highest BCUT2D eigenvalue weighted by molar-refractivity contribution is 9.10. The van der Waals surface area contributed by atoms with Crippen LogP contribution in [0.15, 0.2) is 33.7 Å². The van der Waals surface area contributed by atoms with Gasteiger partial charge in [0.25, 0.3) is 0 Å². The molecule has 1 rings (SSSR count). The van der Waals surface area contributed by atoms with Gasteiger partial charge in [-0.3, -0.25) is 19.1 Å². The van der Waals surface area contributed by atoms with Gasteiger partial charge in [-0.15, -0.1) is 0 Å². The molecule has 0 spiro atoms. The molecule has 0 N–H and O–H groups in total. The smallest absolute Gasteiger partial charge is 0.359 e. The number of esters is 2. The standard InChI is InChI=1S/C20H29BrNO7P/c1-7-28-30(25,29-8-2)17(14-11-9-10-12-15(14)21)22-13-20(3,4)16(18(23)26-5)19(24)27-6/h9-13,16-17H,7-8H2,1-6H3/b22-13+. The lowest BCUT2D eigenvalue weighted by molar-refractivity contribution is -0.162. The van der Waals surface area contributed by atoms with Gasteiger partial charge in [-0.05, 0) is 19.9 Å². The molecule has 0 saturated carbocycles. The number of hydrogen-bond acceptors (Lipinski definition) is 8. The van der Waals surface area contributed by atoms with Crippen LogP contribution in [0.25, 0.3) is 0 Å². The van der Waals surface area contributed by atoms with E-state index < -0.39 is 36.7 Å². The molecule has 1 atom stereocenters. The average Bonchev–Trinajstić information content (AvgIpc) is 2.69. The first-order valence-electron chi connectivity index (χ1n) is 9.41. The topological polar surface area (TPSA) is 100 Å². The van der Waals surface area contributed by atoms with Crippen molar-refractivity contribution in [3.8, 4) is 0 Å². The van der Waals surface area contributed by atoms with E-state index in [9.17, 15) is 14.2 Å². The molecule has 0 amide bonds. The van der Waals surface area contributed by atoms with Crippen molar-refractivity contribution in [3.05, 3.63) is 34.3 Å².